The summed E-state index contributed by atoms with van der Waals surface area (Å²) in [6, 6.07) is 7.37. The molecule has 0 bridgehead atoms. The van der Waals surface area contributed by atoms with E-state index in [0.717, 1.165) is 6.54 Å². The summed E-state index contributed by atoms with van der Waals surface area (Å²) in [5.41, 5.74) is 3.91. The van der Waals surface area contributed by atoms with Crippen molar-refractivity contribution in [2.75, 3.05) is 19.0 Å². The van der Waals surface area contributed by atoms with Gasteiger partial charge in [0.1, 0.15) is 0 Å². The minimum Gasteiger partial charge on any atom is -0.341 e. The zero-order valence-corrected chi connectivity index (χ0v) is 11.6. The van der Waals surface area contributed by atoms with Crippen LogP contribution >= 0.6 is 0 Å². The third kappa shape index (κ3) is 3.47. The molecule has 0 radical (unpaired) electrons. The first-order chi connectivity index (χ1) is 9.22. The summed E-state index contributed by atoms with van der Waals surface area (Å²) in [5.74, 6) is 6.15. The standard InChI is InChI=1S/C15H23N3O/c1-18(11-12-7-3-2-4-8-12)15(19)13-9-5-6-10-14(13)17-16/h5-6,9-10,12,17H,2-4,7-8,11,16H2,1H3. The molecule has 1 fully saturated rings. The van der Waals surface area contributed by atoms with E-state index >= 15 is 0 Å². The molecule has 1 amide bonds. The fourth-order valence-corrected chi connectivity index (χ4v) is 2.84. The first kappa shape index (κ1) is 13.9. The fraction of sp³-hybridized carbons (Fsp3) is 0.533. The number of nitrogen functional groups attached to an aromatic ring is 1. The van der Waals surface area contributed by atoms with Gasteiger partial charge in [-0.2, -0.15) is 0 Å². The molecule has 4 nitrogen and oxygen atoms in total. The van der Waals surface area contributed by atoms with Crippen molar-refractivity contribution in [1.82, 2.24) is 4.90 Å². The average molecular weight is 261 g/mol. The quantitative estimate of drug-likeness (QED) is 0.647. The summed E-state index contributed by atoms with van der Waals surface area (Å²) in [6.07, 6.45) is 6.43. The average Bonchev–Trinajstić information content (AvgIpc) is 2.47. The summed E-state index contributed by atoms with van der Waals surface area (Å²) >= 11 is 0. The van der Waals surface area contributed by atoms with E-state index in [1.54, 1.807) is 0 Å². The number of nitrogens with zero attached hydrogens (tertiary/aromatic N) is 1. The van der Waals surface area contributed by atoms with Gasteiger partial charge in [-0.15, -0.1) is 0 Å². The number of para-hydroxylation sites is 1. The summed E-state index contributed by atoms with van der Waals surface area (Å²) in [4.78, 5) is 14.3. The number of hydrogen-bond donors (Lipinski definition) is 2. The molecule has 0 unspecified atom stereocenters. The smallest absolute Gasteiger partial charge is 0.255 e. The number of amides is 1. The van der Waals surface area contributed by atoms with Crippen molar-refractivity contribution in [2.45, 2.75) is 32.1 Å². The van der Waals surface area contributed by atoms with Gasteiger partial charge in [-0.05, 0) is 30.9 Å². The Hall–Kier alpha value is -1.55. The van der Waals surface area contributed by atoms with Crippen molar-refractivity contribution >= 4 is 11.6 Å². The number of rotatable bonds is 4. The molecule has 1 aliphatic rings. The molecule has 3 N–H and O–H groups in total. The minimum atomic E-state index is 0.0409. The van der Waals surface area contributed by atoms with E-state index < -0.39 is 0 Å². The molecular weight excluding hydrogens is 238 g/mol. The molecule has 1 aromatic rings. The highest BCUT2D eigenvalue weighted by molar-refractivity contribution is 5.99. The van der Waals surface area contributed by atoms with Crippen molar-refractivity contribution in [2.24, 2.45) is 11.8 Å². The molecule has 1 aliphatic carbocycles. The van der Waals surface area contributed by atoms with Crippen LogP contribution in [0.3, 0.4) is 0 Å². The topological polar surface area (TPSA) is 58.4 Å². The second-order valence-corrected chi connectivity index (χ2v) is 5.38. The molecule has 0 aliphatic heterocycles. The van der Waals surface area contributed by atoms with Crippen molar-refractivity contribution in [3.8, 4) is 0 Å². The van der Waals surface area contributed by atoms with Crippen molar-refractivity contribution in [1.29, 1.82) is 0 Å². The maximum Gasteiger partial charge on any atom is 0.255 e. The van der Waals surface area contributed by atoms with Crippen LogP contribution in [0.1, 0.15) is 42.5 Å². The molecule has 104 valence electrons. The van der Waals surface area contributed by atoms with Crippen LogP contribution in [0.25, 0.3) is 0 Å². The second-order valence-electron chi connectivity index (χ2n) is 5.38. The Labute approximate surface area is 114 Å². The number of hydrazine groups is 1. The normalized spacial score (nSPS) is 16.1. The van der Waals surface area contributed by atoms with Crippen LogP contribution in [0.4, 0.5) is 5.69 Å². The maximum atomic E-state index is 12.4. The molecule has 1 saturated carbocycles. The Kier molecular flexibility index (Phi) is 4.80. The lowest BCUT2D eigenvalue weighted by atomic mass is 9.89. The second kappa shape index (κ2) is 6.57. The van der Waals surface area contributed by atoms with Crippen LogP contribution in [-0.4, -0.2) is 24.4 Å². The van der Waals surface area contributed by atoms with Gasteiger partial charge in [-0.1, -0.05) is 31.4 Å². The Bertz CT molecular complexity index is 427. The Balaban J connectivity index is 2.01. The van der Waals surface area contributed by atoms with Crippen LogP contribution in [0, 0.1) is 5.92 Å². The lowest BCUT2D eigenvalue weighted by Gasteiger charge is -2.27. The van der Waals surface area contributed by atoms with Crippen molar-refractivity contribution < 1.29 is 4.79 Å². The number of benzene rings is 1. The third-order valence-corrected chi connectivity index (χ3v) is 3.92. The first-order valence-corrected chi connectivity index (χ1v) is 7.03. The van der Waals surface area contributed by atoms with Gasteiger partial charge in [0.15, 0.2) is 0 Å². The van der Waals surface area contributed by atoms with Crippen molar-refractivity contribution in [3.63, 3.8) is 0 Å². The van der Waals surface area contributed by atoms with E-state index in [-0.39, 0.29) is 5.91 Å². The zero-order chi connectivity index (χ0) is 13.7. The predicted molar refractivity (Wildman–Crippen MR) is 77.8 cm³/mol. The van der Waals surface area contributed by atoms with Gasteiger partial charge in [0.05, 0.1) is 11.3 Å². The molecule has 0 saturated heterocycles. The summed E-state index contributed by atoms with van der Waals surface area (Å²) in [5, 5.41) is 0. The minimum absolute atomic E-state index is 0.0409. The number of carbonyl (C=O) groups is 1. The van der Waals surface area contributed by atoms with E-state index in [1.807, 2.05) is 36.2 Å². The predicted octanol–water partition coefficient (Wildman–Crippen LogP) is 2.62. The van der Waals surface area contributed by atoms with Gasteiger partial charge in [0, 0.05) is 13.6 Å². The Morgan fingerprint density at radius 2 is 2.00 bits per heavy atom. The lowest BCUT2D eigenvalue weighted by molar-refractivity contribution is 0.0761. The van der Waals surface area contributed by atoms with Crippen LogP contribution in [0.15, 0.2) is 24.3 Å². The van der Waals surface area contributed by atoms with Crippen molar-refractivity contribution in [3.05, 3.63) is 29.8 Å². The highest BCUT2D eigenvalue weighted by atomic mass is 16.2. The van der Waals surface area contributed by atoms with Gasteiger partial charge >= 0.3 is 0 Å². The zero-order valence-electron chi connectivity index (χ0n) is 11.6. The first-order valence-electron chi connectivity index (χ1n) is 7.03. The van der Waals surface area contributed by atoms with Crippen LogP contribution in [0.2, 0.25) is 0 Å². The molecule has 19 heavy (non-hydrogen) atoms. The molecule has 0 aromatic heterocycles. The Morgan fingerprint density at radius 3 is 2.68 bits per heavy atom. The van der Waals surface area contributed by atoms with Gasteiger partial charge in [0.2, 0.25) is 0 Å². The van der Waals surface area contributed by atoms with Gasteiger partial charge in [-0.3, -0.25) is 10.6 Å². The van der Waals surface area contributed by atoms with E-state index in [2.05, 4.69) is 5.43 Å². The van der Waals surface area contributed by atoms with Crippen LogP contribution in [-0.2, 0) is 0 Å². The molecule has 2 rings (SSSR count). The Morgan fingerprint density at radius 1 is 1.32 bits per heavy atom. The largest absolute Gasteiger partial charge is 0.341 e. The highest BCUT2D eigenvalue weighted by Crippen LogP contribution is 2.25. The number of nitrogens with two attached hydrogens (primary N) is 1. The van der Waals surface area contributed by atoms with Gasteiger partial charge in [-0.25, -0.2) is 0 Å². The highest BCUT2D eigenvalue weighted by Gasteiger charge is 2.20. The van der Waals surface area contributed by atoms with Crippen LogP contribution < -0.4 is 11.3 Å². The van der Waals surface area contributed by atoms with E-state index in [0.29, 0.717) is 17.2 Å². The van der Waals surface area contributed by atoms with E-state index in [1.165, 1.54) is 32.1 Å². The SMILES string of the molecule is CN(CC1CCCCC1)C(=O)c1ccccc1NN. The molecule has 0 spiro atoms. The van der Waals surface area contributed by atoms with E-state index in [9.17, 15) is 4.79 Å². The molecule has 0 atom stereocenters. The molecule has 1 aromatic carbocycles. The maximum absolute atomic E-state index is 12.4. The van der Waals surface area contributed by atoms with E-state index in [4.69, 9.17) is 5.84 Å². The van der Waals surface area contributed by atoms with Crippen LogP contribution in [0.5, 0.6) is 0 Å². The van der Waals surface area contributed by atoms with Gasteiger partial charge in [0.25, 0.3) is 5.91 Å². The number of nitrogens with one attached hydrogen (secondary N) is 1. The summed E-state index contributed by atoms with van der Waals surface area (Å²) < 4.78 is 0. The summed E-state index contributed by atoms with van der Waals surface area (Å²) in [6.45, 7) is 0.845. The molecular formula is C15H23N3O. The summed E-state index contributed by atoms with van der Waals surface area (Å²) in [7, 11) is 1.88. The number of anilines is 1. The molecule has 0 heterocycles. The fourth-order valence-electron chi connectivity index (χ4n) is 2.84. The third-order valence-electron chi connectivity index (χ3n) is 3.92. The monoisotopic (exact) mass is 261 g/mol. The lowest BCUT2D eigenvalue weighted by Crippen LogP contribution is -2.33. The molecule has 4 heteroatoms. The number of hydrogen-bond acceptors (Lipinski definition) is 3. The van der Waals surface area contributed by atoms with Gasteiger partial charge < -0.3 is 10.3 Å². The number of carbonyl (C=O) groups excluding carboxylic acids is 1.